The van der Waals surface area contributed by atoms with Crippen LogP contribution in [0.4, 0.5) is 0 Å². The molecule has 0 unspecified atom stereocenters. The number of hydrogen-bond acceptors (Lipinski definition) is 0. The highest BCUT2D eigenvalue weighted by Gasteiger charge is 2.05. The third-order valence-corrected chi connectivity index (χ3v) is 4.71. The van der Waals surface area contributed by atoms with E-state index < -0.39 is 0 Å². The Morgan fingerprint density at radius 3 is 1.84 bits per heavy atom. The minimum absolute atomic E-state index is 1.06. The van der Waals surface area contributed by atoms with Gasteiger partial charge >= 0.3 is 0 Å². The van der Waals surface area contributed by atoms with Crippen LogP contribution in [0.5, 0.6) is 0 Å². The van der Waals surface area contributed by atoms with E-state index >= 15 is 0 Å². The second-order valence-corrected chi connectivity index (χ2v) is 8.09. The van der Waals surface area contributed by atoms with Gasteiger partial charge in [-0.3, -0.25) is 0 Å². The zero-order valence-corrected chi connectivity index (χ0v) is 22.2. The number of allylic oxidation sites excluding steroid dienone is 3. The van der Waals surface area contributed by atoms with E-state index in [1.807, 2.05) is 27.7 Å². The molecule has 3 aromatic rings. The van der Waals surface area contributed by atoms with Crippen LogP contribution in [0.3, 0.4) is 0 Å². The predicted octanol–water partition coefficient (Wildman–Crippen LogP) is 10.7. The van der Waals surface area contributed by atoms with Crippen LogP contribution in [0.25, 0.3) is 21.9 Å². The van der Waals surface area contributed by atoms with Gasteiger partial charge in [-0.05, 0) is 79.6 Å². The minimum atomic E-state index is 1.06. The summed E-state index contributed by atoms with van der Waals surface area (Å²) in [5, 5.41) is 2.60. The number of aryl methyl sites for hydroxylation is 1. The van der Waals surface area contributed by atoms with Gasteiger partial charge in [0.05, 0.1) is 0 Å². The summed E-state index contributed by atoms with van der Waals surface area (Å²) < 4.78 is 0. The fourth-order valence-electron chi connectivity index (χ4n) is 3.09. The molecule has 0 aliphatic rings. The summed E-state index contributed by atoms with van der Waals surface area (Å²) in [6, 6.07) is 22.1. The second kappa shape index (κ2) is 17.0. The Hall–Kier alpha value is -2.60. The maximum Gasteiger partial charge on any atom is -0.00645 e. The largest absolute Gasteiger partial charge is 0.100 e. The van der Waals surface area contributed by atoms with Crippen molar-refractivity contribution in [3.63, 3.8) is 0 Å². The Kier molecular flexibility index (Phi) is 15.6. The lowest BCUT2D eigenvalue weighted by molar-refractivity contribution is 0.990. The Morgan fingerprint density at radius 1 is 0.812 bits per heavy atom. The van der Waals surface area contributed by atoms with E-state index in [4.69, 9.17) is 0 Å². The molecule has 0 nitrogen and oxygen atoms in total. The smallest absolute Gasteiger partial charge is 0.00645 e. The number of fused-ring (bicyclic) bond motifs is 1. The molecule has 174 valence electrons. The van der Waals surface area contributed by atoms with Crippen LogP contribution in [0.2, 0.25) is 0 Å². The molecule has 0 amide bonds. The SMILES string of the molecule is C/C=C(\CC)Cc1cc(-c2ccc3ccccc3c2)ccc1C.C=C(C)C.CC.CCC. The monoisotopic (exact) mass is 430 g/mol. The third-order valence-electron chi connectivity index (χ3n) is 4.71. The van der Waals surface area contributed by atoms with Crippen LogP contribution >= 0.6 is 0 Å². The summed E-state index contributed by atoms with van der Waals surface area (Å²) in [5.74, 6) is 0. The Labute approximate surface area is 199 Å². The molecule has 0 saturated heterocycles. The van der Waals surface area contributed by atoms with Gasteiger partial charge in [-0.15, -0.1) is 6.58 Å². The van der Waals surface area contributed by atoms with Crippen molar-refractivity contribution in [2.24, 2.45) is 0 Å². The highest BCUT2D eigenvalue weighted by atomic mass is 14.1. The standard InChI is InChI=1S/C23H24.C4H8.C3H8.C2H6/c1-4-18(5-2)14-23-16-21(11-10-17(23)3)22-13-12-19-8-6-7-9-20(19)15-22;1-4(2)3;1-3-2;1-2/h4,6-13,15-16H,5,14H2,1-3H3;1H2,2-3H3;3H2,1-2H3;1-2H3/b18-4+;;;. The Bertz CT molecular complexity index is 953. The fourth-order valence-corrected chi connectivity index (χ4v) is 3.09. The predicted molar refractivity (Wildman–Crippen MR) is 150 cm³/mol. The van der Waals surface area contributed by atoms with Gasteiger partial charge in [-0.2, -0.15) is 0 Å². The fraction of sp³-hybridized carbons (Fsp3) is 0.375. The van der Waals surface area contributed by atoms with Gasteiger partial charge in [0, 0.05) is 0 Å². The molecule has 0 N–H and O–H groups in total. The molecule has 0 fully saturated rings. The van der Waals surface area contributed by atoms with E-state index in [-0.39, 0.29) is 0 Å². The molecule has 0 heterocycles. The Morgan fingerprint density at radius 2 is 1.31 bits per heavy atom. The minimum Gasteiger partial charge on any atom is -0.100 e. The van der Waals surface area contributed by atoms with Crippen LogP contribution in [-0.2, 0) is 6.42 Å². The zero-order valence-electron chi connectivity index (χ0n) is 22.2. The highest BCUT2D eigenvalue weighted by Crippen LogP contribution is 2.27. The zero-order chi connectivity index (χ0) is 24.5. The van der Waals surface area contributed by atoms with Gasteiger partial charge in [-0.25, -0.2) is 0 Å². The molecule has 32 heavy (non-hydrogen) atoms. The maximum absolute atomic E-state index is 3.56. The lowest BCUT2D eigenvalue weighted by atomic mass is 9.94. The molecule has 3 aromatic carbocycles. The first kappa shape index (κ1) is 29.4. The summed E-state index contributed by atoms with van der Waals surface area (Å²) in [5.41, 5.74) is 8.09. The molecule has 0 atom stereocenters. The molecule has 0 aromatic heterocycles. The summed E-state index contributed by atoms with van der Waals surface area (Å²) >= 11 is 0. The summed E-state index contributed by atoms with van der Waals surface area (Å²) in [4.78, 5) is 0. The number of benzene rings is 3. The maximum atomic E-state index is 3.56. The van der Waals surface area contributed by atoms with E-state index in [0.717, 1.165) is 12.8 Å². The number of hydrogen-bond donors (Lipinski definition) is 0. The van der Waals surface area contributed by atoms with Crippen molar-refractivity contribution in [2.75, 3.05) is 0 Å². The normalized spacial score (nSPS) is 10.1. The summed E-state index contributed by atoms with van der Waals surface area (Å²) in [6.07, 6.45) is 5.68. The molecule has 0 spiro atoms. The van der Waals surface area contributed by atoms with Crippen molar-refractivity contribution in [2.45, 2.75) is 81.6 Å². The van der Waals surface area contributed by atoms with Gasteiger partial charge < -0.3 is 0 Å². The van der Waals surface area contributed by atoms with Crippen molar-refractivity contribution >= 4 is 10.8 Å². The molecule has 0 radical (unpaired) electrons. The first-order chi connectivity index (χ1) is 15.4. The summed E-state index contributed by atoms with van der Waals surface area (Å²) in [6.45, 7) is 22.3. The first-order valence-electron chi connectivity index (χ1n) is 12.2. The molecule has 0 aliphatic heterocycles. The van der Waals surface area contributed by atoms with Gasteiger partial charge in [0.25, 0.3) is 0 Å². The van der Waals surface area contributed by atoms with Crippen molar-refractivity contribution in [3.8, 4) is 11.1 Å². The van der Waals surface area contributed by atoms with Crippen LogP contribution in [0, 0.1) is 6.92 Å². The Balaban J connectivity index is 0.000000926. The average molecular weight is 431 g/mol. The van der Waals surface area contributed by atoms with E-state index in [9.17, 15) is 0 Å². The van der Waals surface area contributed by atoms with Gasteiger partial charge in [0.15, 0.2) is 0 Å². The number of rotatable bonds is 4. The molecular weight excluding hydrogens is 384 g/mol. The lowest BCUT2D eigenvalue weighted by Gasteiger charge is -2.11. The average Bonchev–Trinajstić information content (AvgIpc) is 2.80. The molecule has 3 rings (SSSR count). The molecular formula is C32H46. The van der Waals surface area contributed by atoms with Gasteiger partial charge in [0.1, 0.15) is 0 Å². The second-order valence-electron chi connectivity index (χ2n) is 8.09. The first-order valence-corrected chi connectivity index (χ1v) is 12.2. The molecule has 0 heteroatoms. The van der Waals surface area contributed by atoms with E-state index in [2.05, 4.69) is 108 Å². The van der Waals surface area contributed by atoms with E-state index in [1.165, 1.54) is 50.6 Å². The lowest BCUT2D eigenvalue weighted by Crippen LogP contribution is -1.94. The van der Waals surface area contributed by atoms with E-state index in [0.29, 0.717) is 0 Å². The topological polar surface area (TPSA) is 0 Å². The van der Waals surface area contributed by atoms with Crippen molar-refractivity contribution in [1.82, 2.24) is 0 Å². The van der Waals surface area contributed by atoms with Crippen LogP contribution in [0.1, 0.15) is 79.4 Å². The van der Waals surface area contributed by atoms with Crippen LogP contribution in [0.15, 0.2) is 84.5 Å². The van der Waals surface area contributed by atoms with Crippen LogP contribution in [-0.4, -0.2) is 0 Å². The van der Waals surface area contributed by atoms with Crippen molar-refractivity contribution < 1.29 is 0 Å². The molecule has 0 saturated carbocycles. The summed E-state index contributed by atoms with van der Waals surface area (Å²) in [7, 11) is 0. The van der Waals surface area contributed by atoms with Crippen molar-refractivity contribution in [3.05, 3.63) is 95.6 Å². The molecule has 0 aliphatic carbocycles. The van der Waals surface area contributed by atoms with Gasteiger partial charge in [-0.1, -0.05) is 113 Å². The third kappa shape index (κ3) is 10.6. The quantitative estimate of drug-likeness (QED) is 0.361. The van der Waals surface area contributed by atoms with Crippen molar-refractivity contribution in [1.29, 1.82) is 0 Å². The van der Waals surface area contributed by atoms with Crippen LogP contribution < -0.4 is 0 Å². The van der Waals surface area contributed by atoms with Gasteiger partial charge in [0.2, 0.25) is 0 Å². The molecule has 0 bridgehead atoms. The highest BCUT2D eigenvalue weighted by molar-refractivity contribution is 5.87. The van der Waals surface area contributed by atoms with E-state index in [1.54, 1.807) is 0 Å².